The van der Waals surface area contributed by atoms with Gasteiger partial charge in [-0.15, -0.1) is 0 Å². The molecule has 1 fully saturated rings. The van der Waals surface area contributed by atoms with E-state index in [1.54, 1.807) is 12.3 Å². The van der Waals surface area contributed by atoms with Crippen LogP contribution in [0.15, 0.2) is 48.7 Å². The van der Waals surface area contributed by atoms with Gasteiger partial charge >= 0.3 is 0 Å². The van der Waals surface area contributed by atoms with Crippen LogP contribution in [0.25, 0.3) is 11.4 Å². The van der Waals surface area contributed by atoms with Crippen molar-refractivity contribution in [3.05, 3.63) is 60.2 Å². The molecule has 7 nitrogen and oxygen atoms in total. The summed E-state index contributed by atoms with van der Waals surface area (Å²) in [7, 11) is 0. The molecule has 3 aromatic rings. The van der Waals surface area contributed by atoms with Gasteiger partial charge in [0.15, 0.2) is 5.82 Å². The third-order valence-corrected chi connectivity index (χ3v) is 4.43. The van der Waals surface area contributed by atoms with E-state index < -0.39 is 5.91 Å². The average molecular weight is 334 g/mol. The molecule has 0 saturated carbocycles. The fourth-order valence-corrected chi connectivity index (χ4v) is 3.23. The smallest absolute Gasteiger partial charge is 0.267 e. The second kappa shape index (κ2) is 6.35. The molecule has 1 aromatic carbocycles. The zero-order chi connectivity index (χ0) is 17.2. The van der Waals surface area contributed by atoms with Gasteiger partial charge in [0, 0.05) is 24.0 Å². The molecule has 7 heteroatoms. The number of benzene rings is 1. The molecule has 25 heavy (non-hydrogen) atoms. The van der Waals surface area contributed by atoms with Gasteiger partial charge in [-0.2, -0.15) is 5.10 Å². The Bertz CT molecular complexity index is 891. The first-order valence-electron chi connectivity index (χ1n) is 8.22. The predicted molar refractivity (Wildman–Crippen MR) is 93.9 cm³/mol. The van der Waals surface area contributed by atoms with E-state index in [2.05, 4.69) is 25.1 Å². The largest absolute Gasteiger partial charge is 0.364 e. The summed E-state index contributed by atoms with van der Waals surface area (Å²) < 4.78 is 0. The lowest BCUT2D eigenvalue weighted by molar-refractivity contribution is 0.0995. The lowest BCUT2D eigenvalue weighted by atomic mass is 10.2. The quantitative estimate of drug-likeness (QED) is 0.762. The standard InChI is InChI=1S/C18H18N6O/c19-16(25)14-11-13(8-9-20-14)24-10-4-7-15(24)18-21-17(22-23-18)12-5-2-1-3-6-12/h1-3,5-6,8-9,11,15H,4,7,10H2,(H2,19,25)(H,21,22,23). The van der Waals surface area contributed by atoms with E-state index >= 15 is 0 Å². The van der Waals surface area contributed by atoms with Crippen molar-refractivity contribution in [1.82, 2.24) is 20.2 Å². The molecule has 126 valence electrons. The Morgan fingerprint density at radius 3 is 2.88 bits per heavy atom. The van der Waals surface area contributed by atoms with Crippen LogP contribution in [0.1, 0.15) is 35.2 Å². The number of rotatable bonds is 4. The molecule has 1 aliphatic rings. The van der Waals surface area contributed by atoms with Gasteiger partial charge in [0.05, 0.1) is 6.04 Å². The van der Waals surface area contributed by atoms with Crippen molar-refractivity contribution in [3.63, 3.8) is 0 Å². The van der Waals surface area contributed by atoms with Crippen LogP contribution in [-0.4, -0.2) is 32.6 Å². The summed E-state index contributed by atoms with van der Waals surface area (Å²) in [6, 6.07) is 13.6. The van der Waals surface area contributed by atoms with Crippen molar-refractivity contribution in [3.8, 4) is 11.4 Å². The highest BCUT2D eigenvalue weighted by Gasteiger charge is 2.29. The highest BCUT2D eigenvalue weighted by molar-refractivity contribution is 5.91. The SMILES string of the molecule is NC(=O)c1cc(N2CCCC2c2nc(-c3ccccc3)n[nH]2)ccn1. The van der Waals surface area contributed by atoms with Crippen LogP contribution in [0.5, 0.6) is 0 Å². The van der Waals surface area contributed by atoms with Crippen molar-refractivity contribution < 1.29 is 4.79 Å². The third-order valence-electron chi connectivity index (χ3n) is 4.43. The van der Waals surface area contributed by atoms with Crippen LogP contribution in [0, 0.1) is 0 Å². The molecule has 0 spiro atoms. The minimum atomic E-state index is -0.524. The third kappa shape index (κ3) is 2.96. The van der Waals surface area contributed by atoms with Gasteiger partial charge < -0.3 is 10.6 Å². The Hall–Kier alpha value is -3.22. The zero-order valence-electron chi connectivity index (χ0n) is 13.6. The van der Waals surface area contributed by atoms with Crippen LogP contribution in [0.3, 0.4) is 0 Å². The van der Waals surface area contributed by atoms with E-state index in [-0.39, 0.29) is 11.7 Å². The summed E-state index contributed by atoms with van der Waals surface area (Å²) in [5, 5.41) is 7.43. The number of hydrogen-bond donors (Lipinski definition) is 2. The molecule has 3 heterocycles. The molecule has 1 saturated heterocycles. The van der Waals surface area contributed by atoms with E-state index in [4.69, 9.17) is 5.73 Å². The molecule has 1 unspecified atom stereocenters. The molecular weight excluding hydrogens is 316 g/mol. The van der Waals surface area contributed by atoms with E-state index in [1.165, 1.54) is 0 Å². The van der Waals surface area contributed by atoms with Gasteiger partial charge in [0.2, 0.25) is 0 Å². The van der Waals surface area contributed by atoms with Gasteiger partial charge in [-0.25, -0.2) is 4.98 Å². The first-order chi connectivity index (χ1) is 12.2. The Morgan fingerprint density at radius 2 is 2.08 bits per heavy atom. The van der Waals surface area contributed by atoms with Crippen LogP contribution in [0.4, 0.5) is 5.69 Å². The molecule has 1 atom stereocenters. The van der Waals surface area contributed by atoms with Crippen LogP contribution >= 0.6 is 0 Å². The summed E-state index contributed by atoms with van der Waals surface area (Å²) in [5.74, 6) is 0.993. The number of aromatic amines is 1. The monoisotopic (exact) mass is 334 g/mol. The van der Waals surface area contributed by atoms with Crippen molar-refractivity contribution >= 4 is 11.6 Å². The molecule has 2 aromatic heterocycles. The molecule has 0 bridgehead atoms. The second-order valence-corrected chi connectivity index (χ2v) is 6.03. The van der Waals surface area contributed by atoms with Gasteiger partial charge in [-0.05, 0) is 25.0 Å². The van der Waals surface area contributed by atoms with Gasteiger partial charge in [0.25, 0.3) is 5.91 Å². The Balaban J connectivity index is 1.63. The average Bonchev–Trinajstić information content (AvgIpc) is 3.32. The molecule has 0 radical (unpaired) electrons. The number of aromatic nitrogens is 4. The Labute approximate surface area is 144 Å². The normalized spacial score (nSPS) is 17.0. The van der Waals surface area contributed by atoms with Gasteiger partial charge in [0.1, 0.15) is 11.5 Å². The topological polar surface area (TPSA) is 101 Å². The fourth-order valence-electron chi connectivity index (χ4n) is 3.23. The number of H-pyrrole nitrogens is 1. The first-order valence-corrected chi connectivity index (χ1v) is 8.22. The summed E-state index contributed by atoms with van der Waals surface area (Å²) in [6.45, 7) is 0.883. The number of anilines is 1. The number of nitrogens with zero attached hydrogens (tertiary/aromatic N) is 4. The van der Waals surface area contributed by atoms with Gasteiger partial charge in [-0.1, -0.05) is 30.3 Å². The van der Waals surface area contributed by atoms with Crippen molar-refractivity contribution in [2.24, 2.45) is 5.73 Å². The number of amides is 1. The van der Waals surface area contributed by atoms with E-state index in [0.717, 1.165) is 36.5 Å². The maximum Gasteiger partial charge on any atom is 0.267 e. The number of primary amides is 1. The predicted octanol–water partition coefficient (Wildman–Crippen LogP) is 2.31. The van der Waals surface area contributed by atoms with Gasteiger partial charge in [-0.3, -0.25) is 14.9 Å². The summed E-state index contributed by atoms with van der Waals surface area (Å²) in [5.41, 5.74) is 7.52. The minimum absolute atomic E-state index is 0.0908. The first kappa shape index (κ1) is 15.3. The second-order valence-electron chi connectivity index (χ2n) is 6.03. The lowest BCUT2D eigenvalue weighted by Gasteiger charge is -2.25. The number of nitrogens with one attached hydrogen (secondary N) is 1. The number of nitrogens with two attached hydrogens (primary N) is 1. The van der Waals surface area contributed by atoms with Crippen molar-refractivity contribution in [1.29, 1.82) is 0 Å². The molecule has 1 amide bonds. The highest BCUT2D eigenvalue weighted by Crippen LogP contribution is 2.35. The van der Waals surface area contributed by atoms with Crippen molar-refractivity contribution in [2.45, 2.75) is 18.9 Å². The Kier molecular flexibility index (Phi) is 3.89. The number of carbonyl (C=O) groups excluding carboxylic acids is 1. The Morgan fingerprint density at radius 1 is 1.24 bits per heavy atom. The summed E-state index contributed by atoms with van der Waals surface area (Å²) >= 11 is 0. The minimum Gasteiger partial charge on any atom is -0.364 e. The fraction of sp³-hybridized carbons (Fsp3) is 0.222. The maximum absolute atomic E-state index is 11.4. The van der Waals surface area contributed by atoms with E-state index in [9.17, 15) is 4.79 Å². The summed E-state index contributed by atoms with van der Waals surface area (Å²) in [4.78, 5) is 22.3. The molecule has 4 rings (SSSR count). The zero-order valence-corrected chi connectivity index (χ0v) is 13.6. The summed E-state index contributed by atoms with van der Waals surface area (Å²) in [6.07, 6.45) is 3.62. The van der Waals surface area contributed by atoms with Crippen LogP contribution in [0.2, 0.25) is 0 Å². The molecular formula is C18H18N6O. The number of pyridine rings is 1. The van der Waals surface area contributed by atoms with Crippen LogP contribution in [-0.2, 0) is 0 Å². The van der Waals surface area contributed by atoms with E-state index in [0.29, 0.717) is 5.82 Å². The molecule has 3 N–H and O–H groups in total. The lowest BCUT2D eigenvalue weighted by Crippen LogP contribution is -2.24. The van der Waals surface area contributed by atoms with E-state index in [1.807, 2.05) is 36.4 Å². The maximum atomic E-state index is 11.4. The number of hydrogen-bond acceptors (Lipinski definition) is 5. The van der Waals surface area contributed by atoms with Crippen LogP contribution < -0.4 is 10.6 Å². The number of carbonyl (C=O) groups is 1. The molecule has 0 aliphatic carbocycles. The highest BCUT2D eigenvalue weighted by atomic mass is 16.1. The molecule has 1 aliphatic heterocycles. The van der Waals surface area contributed by atoms with Crippen molar-refractivity contribution in [2.75, 3.05) is 11.4 Å².